The fourth-order valence-electron chi connectivity index (χ4n) is 4.42. The molecule has 2 heterocycles. The molecule has 1 aromatic heterocycles. The Bertz CT molecular complexity index is 786. The highest BCUT2D eigenvalue weighted by atomic mass is 35.5. The molecule has 2 aromatic rings. The Labute approximate surface area is 161 Å². The normalized spacial score (nSPS) is 24.4. The quantitative estimate of drug-likeness (QED) is 0.898. The summed E-state index contributed by atoms with van der Waals surface area (Å²) >= 11 is 0. The number of hydrogen-bond acceptors (Lipinski definition) is 3. The first-order chi connectivity index (χ1) is 12.0. The van der Waals surface area contributed by atoms with Gasteiger partial charge in [-0.1, -0.05) is 12.1 Å². The molecule has 1 aliphatic heterocycles. The Morgan fingerprint density at radius 1 is 1.19 bits per heavy atom. The number of carbonyl (C=O) groups excluding carboxylic acids is 1. The van der Waals surface area contributed by atoms with Gasteiger partial charge in [0.25, 0.3) is 5.91 Å². The molecular formula is C20H27ClN4O. The van der Waals surface area contributed by atoms with Gasteiger partial charge < -0.3 is 10.6 Å². The Morgan fingerprint density at radius 3 is 2.54 bits per heavy atom. The third-order valence-corrected chi connectivity index (χ3v) is 5.84. The number of likely N-dealkylation sites (tertiary alicyclic amines) is 1. The van der Waals surface area contributed by atoms with Crippen LogP contribution in [0.4, 0.5) is 0 Å². The van der Waals surface area contributed by atoms with E-state index in [2.05, 4.69) is 18.1 Å². The topological polar surface area (TPSA) is 64.2 Å². The number of hydrogen-bond donors (Lipinski definition) is 1. The SMILES string of the molecule is Cc1cc(C)n(Cc2ccc(C(=O)N3CC4CCC(N)C4C3)cc2)n1.Cl. The molecule has 2 fully saturated rings. The van der Waals surface area contributed by atoms with Crippen LogP contribution in [0.25, 0.3) is 0 Å². The zero-order valence-electron chi connectivity index (χ0n) is 15.4. The standard InChI is InChI=1S/C20H26N4O.ClH/c1-13-9-14(2)24(22-13)10-15-3-5-16(6-4-15)20(25)23-11-17-7-8-19(21)18(17)12-23;/h3-6,9,17-19H,7-8,10-12,21H2,1-2H3;1H. The number of carbonyl (C=O) groups is 1. The molecule has 3 unspecified atom stereocenters. The van der Waals surface area contributed by atoms with Crippen molar-refractivity contribution in [2.24, 2.45) is 17.6 Å². The molecule has 1 saturated heterocycles. The van der Waals surface area contributed by atoms with Crippen molar-refractivity contribution in [1.82, 2.24) is 14.7 Å². The van der Waals surface area contributed by atoms with Crippen LogP contribution in [-0.4, -0.2) is 39.7 Å². The van der Waals surface area contributed by atoms with E-state index < -0.39 is 0 Å². The number of nitrogens with zero attached hydrogens (tertiary/aromatic N) is 3. The molecule has 5 nitrogen and oxygen atoms in total. The molecule has 140 valence electrons. The van der Waals surface area contributed by atoms with Crippen molar-refractivity contribution in [2.45, 2.75) is 39.3 Å². The highest BCUT2D eigenvalue weighted by molar-refractivity contribution is 5.94. The van der Waals surface area contributed by atoms with Gasteiger partial charge in [-0.3, -0.25) is 9.48 Å². The predicted molar refractivity (Wildman–Crippen MR) is 105 cm³/mol. The number of aryl methyl sites for hydroxylation is 2. The molecule has 1 amide bonds. The van der Waals surface area contributed by atoms with Crippen LogP contribution in [0.1, 0.15) is 40.2 Å². The minimum absolute atomic E-state index is 0. The van der Waals surface area contributed by atoms with E-state index in [1.165, 1.54) is 0 Å². The average molecular weight is 375 g/mol. The van der Waals surface area contributed by atoms with E-state index in [0.29, 0.717) is 11.8 Å². The second-order valence-electron chi connectivity index (χ2n) is 7.66. The predicted octanol–water partition coefficient (Wildman–Crippen LogP) is 2.78. The highest BCUT2D eigenvalue weighted by Gasteiger charge is 2.42. The van der Waals surface area contributed by atoms with Crippen molar-refractivity contribution in [1.29, 1.82) is 0 Å². The van der Waals surface area contributed by atoms with Crippen LogP contribution in [-0.2, 0) is 6.54 Å². The maximum atomic E-state index is 12.8. The third kappa shape index (κ3) is 3.51. The van der Waals surface area contributed by atoms with Gasteiger partial charge in [-0.2, -0.15) is 5.10 Å². The summed E-state index contributed by atoms with van der Waals surface area (Å²) in [6.45, 7) is 6.48. The van der Waals surface area contributed by atoms with Crippen molar-refractivity contribution in [3.05, 3.63) is 52.8 Å². The zero-order valence-corrected chi connectivity index (χ0v) is 16.2. The van der Waals surface area contributed by atoms with E-state index in [-0.39, 0.29) is 24.4 Å². The lowest BCUT2D eigenvalue weighted by Crippen LogP contribution is -2.33. The van der Waals surface area contributed by atoms with E-state index in [9.17, 15) is 4.79 Å². The van der Waals surface area contributed by atoms with Gasteiger partial charge >= 0.3 is 0 Å². The molecular weight excluding hydrogens is 348 g/mol. The highest BCUT2D eigenvalue weighted by Crippen LogP contribution is 2.37. The minimum Gasteiger partial charge on any atom is -0.338 e. The summed E-state index contributed by atoms with van der Waals surface area (Å²) in [6.07, 6.45) is 2.27. The molecule has 0 bridgehead atoms. The molecule has 2 aliphatic rings. The molecule has 2 N–H and O–H groups in total. The van der Waals surface area contributed by atoms with Crippen molar-refractivity contribution in [2.75, 3.05) is 13.1 Å². The van der Waals surface area contributed by atoms with Gasteiger partial charge in [0.05, 0.1) is 12.2 Å². The summed E-state index contributed by atoms with van der Waals surface area (Å²) < 4.78 is 2.00. The van der Waals surface area contributed by atoms with Gasteiger partial charge in [-0.05, 0) is 62.3 Å². The van der Waals surface area contributed by atoms with Crippen molar-refractivity contribution in [3.8, 4) is 0 Å². The second-order valence-corrected chi connectivity index (χ2v) is 7.66. The lowest BCUT2D eigenvalue weighted by molar-refractivity contribution is 0.0779. The van der Waals surface area contributed by atoms with Crippen LogP contribution in [0, 0.1) is 25.7 Å². The fourth-order valence-corrected chi connectivity index (χ4v) is 4.42. The first-order valence-electron chi connectivity index (χ1n) is 9.16. The first-order valence-corrected chi connectivity index (χ1v) is 9.16. The molecule has 1 saturated carbocycles. The first kappa shape index (κ1) is 18.9. The van der Waals surface area contributed by atoms with Gasteiger partial charge in [-0.25, -0.2) is 0 Å². The number of aromatic nitrogens is 2. The lowest BCUT2D eigenvalue weighted by Gasteiger charge is -2.19. The Hall–Kier alpha value is -1.85. The summed E-state index contributed by atoms with van der Waals surface area (Å²) in [5.41, 5.74) is 10.3. The number of fused-ring (bicyclic) bond motifs is 1. The van der Waals surface area contributed by atoms with Crippen LogP contribution >= 0.6 is 12.4 Å². The van der Waals surface area contributed by atoms with Crippen LogP contribution in [0.5, 0.6) is 0 Å². The van der Waals surface area contributed by atoms with Crippen LogP contribution in [0.3, 0.4) is 0 Å². The number of rotatable bonds is 3. The maximum Gasteiger partial charge on any atom is 0.253 e. The largest absolute Gasteiger partial charge is 0.338 e. The summed E-state index contributed by atoms with van der Waals surface area (Å²) in [5.74, 6) is 1.23. The Morgan fingerprint density at radius 2 is 1.92 bits per heavy atom. The van der Waals surface area contributed by atoms with Gasteiger partial charge in [-0.15, -0.1) is 12.4 Å². The number of nitrogens with two attached hydrogens (primary N) is 1. The smallest absolute Gasteiger partial charge is 0.253 e. The lowest BCUT2D eigenvalue weighted by atomic mass is 9.98. The van der Waals surface area contributed by atoms with E-state index in [1.807, 2.05) is 40.8 Å². The molecule has 1 aromatic carbocycles. The van der Waals surface area contributed by atoms with E-state index in [4.69, 9.17) is 5.73 Å². The van der Waals surface area contributed by atoms with E-state index in [1.54, 1.807) is 0 Å². The van der Waals surface area contributed by atoms with Crippen molar-refractivity contribution in [3.63, 3.8) is 0 Å². The summed E-state index contributed by atoms with van der Waals surface area (Å²) in [4.78, 5) is 14.8. The molecule has 0 radical (unpaired) electrons. The van der Waals surface area contributed by atoms with Crippen molar-refractivity contribution >= 4 is 18.3 Å². The molecule has 6 heteroatoms. The fraction of sp³-hybridized carbons (Fsp3) is 0.500. The van der Waals surface area contributed by atoms with Crippen LogP contribution < -0.4 is 5.73 Å². The Balaban J connectivity index is 0.00000196. The van der Waals surface area contributed by atoms with E-state index >= 15 is 0 Å². The molecule has 0 spiro atoms. The zero-order chi connectivity index (χ0) is 17.6. The van der Waals surface area contributed by atoms with E-state index in [0.717, 1.165) is 55.0 Å². The number of amides is 1. The monoisotopic (exact) mass is 374 g/mol. The van der Waals surface area contributed by atoms with Crippen LogP contribution in [0.15, 0.2) is 30.3 Å². The van der Waals surface area contributed by atoms with Gasteiger partial charge in [0, 0.05) is 30.4 Å². The third-order valence-electron chi connectivity index (χ3n) is 5.84. The minimum atomic E-state index is 0. The molecule has 26 heavy (non-hydrogen) atoms. The summed E-state index contributed by atoms with van der Waals surface area (Å²) in [5, 5.41) is 4.50. The van der Waals surface area contributed by atoms with Gasteiger partial charge in [0.1, 0.15) is 0 Å². The average Bonchev–Trinajstić information content (AvgIpc) is 3.25. The van der Waals surface area contributed by atoms with Crippen molar-refractivity contribution < 1.29 is 4.79 Å². The summed E-state index contributed by atoms with van der Waals surface area (Å²) in [6, 6.07) is 10.3. The number of halogens is 1. The molecule has 4 rings (SSSR count). The molecule has 1 aliphatic carbocycles. The van der Waals surface area contributed by atoms with Gasteiger partial charge in [0.2, 0.25) is 0 Å². The maximum absolute atomic E-state index is 12.8. The van der Waals surface area contributed by atoms with Crippen LogP contribution in [0.2, 0.25) is 0 Å². The number of benzene rings is 1. The van der Waals surface area contributed by atoms with Gasteiger partial charge in [0.15, 0.2) is 0 Å². The molecule has 3 atom stereocenters. The summed E-state index contributed by atoms with van der Waals surface area (Å²) in [7, 11) is 0. The second kappa shape index (κ2) is 7.41. The Kier molecular flexibility index (Phi) is 5.39.